The van der Waals surface area contributed by atoms with Crippen LogP contribution in [0, 0.1) is 11.7 Å². The number of rotatable bonds is 4. The lowest BCUT2D eigenvalue weighted by atomic mass is 10.00. The van der Waals surface area contributed by atoms with Gasteiger partial charge in [-0.2, -0.15) is 0 Å². The first-order chi connectivity index (χ1) is 7.47. The number of carbonyl (C=O) groups is 1. The smallest absolute Gasteiger partial charge is 0.306 e. The topological polar surface area (TPSA) is 46.5 Å². The first-order valence-electron chi connectivity index (χ1n) is 4.71. The van der Waals surface area contributed by atoms with Crippen LogP contribution in [0.5, 0.6) is 5.75 Å². The third-order valence-electron chi connectivity index (χ3n) is 2.30. The zero-order valence-corrected chi connectivity index (χ0v) is 10.5. The molecule has 1 N–H and O–H groups in total. The second-order valence-electron chi connectivity index (χ2n) is 3.49. The fourth-order valence-electron chi connectivity index (χ4n) is 1.35. The first-order valence-corrected chi connectivity index (χ1v) is 5.50. The molecule has 1 rings (SSSR count). The van der Waals surface area contributed by atoms with Crippen molar-refractivity contribution in [2.45, 2.75) is 13.3 Å². The van der Waals surface area contributed by atoms with E-state index in [4.69, 9.17) is 9.84 Å². The number of aliphatic carboxylic acids is 1. The maximum atomic E-state index is 13.8. The molecular formula is C11H12BrFO3. The fraction of sp³-hybridized carbons (Fsp3) is 0.364. The lowest BCUT2D eigenvalue weighted by Crippen LogP contribution is -2.14. The molecule has 0 saturated heterocycles. The minimum Gasteiger partial charge on any atom is -0.496 e. The Labute approximate surface area is 101 Å². The number of hydrogen-bond donors (Lipinski definition) is 1. The fourth-order valence-corrected chi connectivity index (χ4v) is 1.72. The largest absolute Gasteiger partial charge is 0.496 e. The summed E-state index contributed by atoms with van der Waals surface area (Å²) >= 11 is 3.06. The molecule has 0 radical (unpaired) electrons. The van der Waals surface area contributed by atoms with Crippen molar-refractivity contribution in [2.75, 3.05) is 7.11 Å². The number of carboxylic acids is 1. The predicted molar refractivity (Wildman–Crippen MR) is 61.2 cm³/mol. The molecule has 16 heavy (non-hydrogen) atoms. The van der Waals surface area contributed by atoms with Crippen LogP contribution in [0.15, 0.2) is 16.6 Å². The Morgan fingerprint density at radius 1 is 1.62 bits per heavy atom. The summed E-state index contributed by atoms with van der Waals surface area (Å²) in [6.07, 6.45) is 0.101. The van der Waals surface area contributed by atoms with Crippen LogP contribution in [0.1, 0.15) is 12.5 Å². The molecule has 0 heterocycles. The monoisotopic (exact) mass is 290 g/mol. The molecule has 0 aliphatic carbocycles. The minimum atomic E-state index is -0.957. The van der Waals surface area contributed by atoms with Gasteiger partial charge in [0.05, 0.1) is 17.5 Å². The zero-order valence-electron chi connectivity index (χ0n) is 8.96. The maximum Gasteiger partial charge on any atom is 0.306 e. The second-order valence-corrected chi connectivity index (χ2v) is 4.34. The van der Waals surface area contributed by atoms with Crippen LogP contribution in [0.25, 0.3) is 0 Å². The summed E-state index contributed by atoms with van der Waals surface area (Å²) in [5.41, 5.74) is 0.284. The van der Waals surface area contributed by atoms with Crippen LogP contribution in [0.4, 0.5) is 4.39 Å². The van der Waals surface area contributed by atoms with Crippen molar-refractivity contribution in [1.82, 2.24) is 0 Å². The molecule has 0 aliphatic heterocycles. The molecule has 0 aromatic heterocycles. The highest BCUT2D eigenvalue weighted by molar-refractivity contribution is 9.10. The van der Waals surface area contributed by atoms with Gasteiger partial charge in [0.15, 0.2) is 0 Å². The van der Waals surface area contributed by atoms with Crippen molar-refractivity contribution in [3.63, 3.8) is 0 Å². The van der Waals surface area contributed by atoms with E-state index in [9.17, 15) is 9.18 Å². The van der Waals surface area contributed by atoms with E-state index in [2.05, 4.69) is 15.9 Å². The highest BCUT2D eigenvalue weighted by Gasteiger charge is 2.19. The number of ether oxygens (including phenoxy) is 1. The Hall–Kier alpha value is -1.10. The van der Waals surface area contributed by atoms with E-state index in [1.165, 1.54) is 20.1 Å². The molecule has 0 amide bonds. The number of hydrogen-bond acceptors (Lipinski definition) is 2. The molecule has 1 unspecified atom stereocenters. The van der Waals surface area contributed by atoms with Gasteiger partial charge >= 0.3 is 5.97 Å². The van der Waals surface area contributed by atoms with Gasteiger partial charge in [0, 0.05) is 5.56 Å². The average Bonchev–Trinajstić information content (AvgIpc) is 2.25. The molecule has 0 fully saturated rings. The molecule has 3 nitrogen and oxygen atoms in total. The lowest BCUT2D eigenvalue weighted by molar-refractivity contribution is -0.141. The summed E-state index contributed by atoms with van der Waals surface area (Å²) in [5, 5.41) is 8.79. The van der Waals surface area contributed by atoms with Gasteiger partial charge in [-0.15, -0.1) is 0 Å². The Bertz CT molecular complexity index is 406. The summed E-state index contributed by atoms with van der Waals surface area (Å²) in [6.45, 7) is 1.53. The SMILES string of the molecule is COc1ccc(Br)c(F)c1CC(C)C(=O)O. The Balaban J connectivity index is 3.10. The van der Waals surface area contributed by atoms with E-state index in [1.807, 2.05) is 0 Å². The number of benzene rings is 1. The molecule has 0 bridgehead atoms. The Morgan fingerprint density at radius 3 is 2.75 bits per heavy atom. The summed E-state index contributed by atoms with van der Waals surface area (Å²) in [4.78, 5) is 10.7. The number of methoxy groups -OCH3 is 1. The van der Waals surface area contributed by atoms with Gasteiger partial charge in [0.1, 0.15) is 11.6 Å². The normalized spacial score (nSPS) is 12.2. The summed E-state index contributed by atoms with van der Waals surface area (Å²) in [6, 6.07) is 3.14. The first kappa shape index (κ1) is 13.0. The third kappa shape index (κ3) is 2.72. The van der Waals surface area contributed by atoms with Crippen molar-refractivity contribution in [3.8, 4) is 5.75 Å². The predicted octanol–water partition coefficient (Wildman–Crippen LogP) is 2.86. The minimum absolute atomic E-state index is 0.101. The highest BCUT2D eigenvalue weighted by atomic mass is 79.9. The molecule has 1 aromatic carbocycles. The van der Waals surface area contributed by atoms with Crippen LogP contribution >= 0.6 is 15.9 Å². The molecule has 1 aromatic rings. The van der Waals surface area contributed by atoms with E-state index in [0.717, 1.165) is 0 Å². The van der Waals surface area contributed by atoms with E-state index >= 15 is 0 Å². The van der Waals surface area contributed by atoms with Gasteiger partial charge in [-0.1, -0.05) is 6.92 Å². The van der Waals surface area contributed by atoms with Crippen molar-refractivity contribution < 1.29 is 19.0 Å². The van der Waals surface area contributed by atoms with Crippen LogP contribution < -0.4 is 4.74 Å². The van der Waals surface area contributed by atoms with Crippen molar-refractivity contribution in [2.24, 2.45) is 5.92 Å². The molecule has 5 heteroatoms. The van der Waals surface area contributed by atoms with Crippen LogP contribution in [0.3, 0.4) is 0 Å². The molecule has 0 saturated carbocycles. The summed E-state index contributed by atoms with van der Waals surface area (Å²) in [5.74, 6) is -1.71. The van der Waals surface area contributed by atoms with Gasteiger partial charge in [-0.05, 0) is 34.5 Å². The lowest BCUT2D eigenvalue weighted by Gasteiger charge is -2.12. The van der Waals surface area contributed by atoms with E-state index in [-0.39, 0.29) is 12.0 Å². The molecule has 88 valence electrons. The number of halogens is 2. The number of carboxylic acid groups (broad SMARTS) is 1. The highest BCUT2D eigenvalue weighted by Crippen LogP contribution is 2.29. The maximum absolute atomic E-state index is 13.8. The van der Waals surface area contributed by atoms with E-state index in [0.29, 0.717) is 10.2 Å². The average molecular weight is 291 g/mol. The van der Waals surface area contributed by atoms with Crippen molar-refractivity contribution >= 4 is 21.9 Å². The Kier molecular flexibility index (Phi) is 4.29. The van der Waals surface area contributed by atoms with Gasteiger partial charge in [0.25, 0.3) is 0 Å². The van der Waals surface area contributed by atoms with Crippen LogP contribution in [-0.2, 0) is 11.2 Å². The van der Waals surface area contributed by atoms with Gasteiger partial charge in [-0.25, -0.2) is 4.39 Å². The second kappa shape index (κ2) is 5.30. The molecular weight excluding hydrogens is 279 g/mol. The third-order valence-corrected chi connectivity index (χ3v) is 2.92. The van der Waals surface area contributed by atoms with Gasteiger partial charge in [0.2, 0.25) is 0 Å². The van der Waals surface area contributed by atoms with Crippen molar-refractivity contribution in [1.29, 1.82) is 0 Å². The van der Waals surface area contributed by atoms with Gasteiger partial charge < -0.3 is 9.84 Å². The summed E-state index contributed by atoms with van der Waals surface area (Å²) in [7, 11) is 1.43. The standard InChI is InChI=1S/C11H12BrFO3/c1-6(11(14)15)5-7-9(16-2)4-3-8(12)10(7)13/h3-4,6H,5H2,1-2H3,(H,14,15). The Morgan fingerprint density at radius 2 is 2.25 bits per heavy atom. The molecule has 0 aliphatic rings. The quantitative estimate of drug-likeness (QED) is 0.927. The molecule has 0 spiro atoms. The van der Waals surface area contributed by atoms with Gasteiger partial charge in [-0.3, -0.25) is 4.79 Å². The van der Waals surface area contributed by atoms with Crippen molar-refractivity contribution in [3.05, 3.63) is 28.0 Å². The molecule has 1 atom stereocenters. The van der Waals surface area contributed by atoms with E-state index in [1.54, 1.807) is 6.07 Å². The summed E-state index contributed by atoms with van der Waals surface area (Å²) < 4.78 is 19.1. The van der Waals surface area contributed by atoms with Crippen LogP contribution in [-0.4, -0.2) is 18.2 Å². The zero-order chi connectivity index (χ0) is 12.3. The van der Waals surface area contributed by atoms with E-state index < -0.39 is 17.7 Å². The van der Waals surface area contributed by atoms with Crippen LogP contribution in [0.2, 0.25) is 0 Å².